The van der Waals surface area contributed by atoms with Crippen LogP contribution >= 0.6 is 11.8 Å². The van der Waals surface area contributed by atoms with Gasteiger partial charge in [0.05, 0.1) is 5.92 Å². The highest BCUT2D eigenvalue weighted by Crippen LogP contribution is 2.47. The Morgan fingerprint density at radius 1 is 1.10 bits per heavy atom. The van der Waals surface area contributed by atoms with Crippen LogP contribution in [0, 0.1) is 12.8 Å². The van der Waals surface area contributed by atoms with E-state index < -0.39 is 22.7 Å². The summed E-state index contributed by atoms with van der Waals surface area (Å²) in [6, 6.07) is 14.1. The first-order valence-corrected chi connectivity index (χ1v) is 12.3. The molecular formula is C24H26O3S2. The van der Waals surface area contributed by atoms with Crippen molar-refractivity contribution in [2.45, 2.75) is 30.9 Å². The topological polar surface area (TPSA) is 54.4 Å². The molecule has 1 aliphatic carbocycles. The molecule has 3 rings (SSSR count). The van der Waals surface area contributed by atoms with Gasteiger partial charge in [-0.1, -0.05) is 42.8 Å². The number of carboxylic acids is 1. The number of hydrogen-bond acceptors (Lipinski definition) is 3. The second kappa shape index (κ2) is 8.72. The molecular weight excluding hydrogens is 400 g/mol. The molecule has 3 atom stereocenters. The highest BCUT2D eigenvalue weighted by molar-refractivity contribution is 7.99. The minimum atomic E-state index is -0.998. The number of benzene rings is 2. The average molecular weight is 427 g/mol. The predicted molar refractivity (Wildman–Crippen MR) is 125 cm³/mol. The molecule has 1 aliphatic rings. The predicted octanol–water partition coefficient (Wildman–Crippen LogP) is 5.51. The van der Waals surface area contributed by atoms with Crippen LogP contribution in [0.3, 0.4) is 0 Å². The zero-order valence-electron chi connectivity index (χ0n) is 17.4. The van der Waals surface area contributed by atoms with E-state index in [1.165, 1.54) is 0 Å². The zero-order valence-corrected chi connectivity index (χ0v) is 19.0. The first kappa shape index (κ1) is 21.6. The molecule has 152 valence electrons. The minimum absolute atomic E-state index is 0.121. The highest BCUT2D eigenvalue weighted by Gasteiger charge is 2.34. The van der Waals surface area contributed by atoms with Crippen LogP contribution in [0.4, 0.5) is 0 Å². The van der Waals surface area contributed by atoms with Gasteiger partial charge in [0.15, 0.2) is 0 Å². The van der Waals surface area contributed by atoms with E-state index in [2.05, 4.69) is 38.1 Å². The van der Waals surface area contributed by atoms with Crippen LogP contribution in [0.5, 0.6) is 0 Å². The summed E-state index contributed by atoms with van der Waals surface area (Å²) >= 11 is 1.59. The summed E-state index contributed by atoms with van der Waals surface area (Å²) in [4.78, 5) is 12.5. The quantitative estimate of drug-likeness (QED) is 0.661. The van der Waals surface area contributed by atoms with Crippen molar-refractivity contribution >= 4 is 45.8 Å². The molecule has 0 aromatic heterocycles. The van der Waals surface area contributed by atoms with Gasteiger partial charge in [-0.15, -0.1) is 0 Å². The number of thioether (sulfide) groups is 1. The maximum atomic E-state index is 11.7. The molecule has 0 saturated heterocycles. The Labute approximate surface area is 179 Å². The molecule has 0 aliphatic heterocycles. The van der Waals surface area contributed by atoms with E-state index in [4.69, 9.17) is 0 Å². The van der Waals surface area contributed by atoms with E-state index in [1.54, 1.807) is 24.9 Å². The van der Waals surface area contributed by atoms with Gasteiger partial charge in [0, 0.05) is 27.2 Å². The van der Waals surface area contributed by atoms with E-state index in [-0.39, 0.29) is 5.25 Å². The second-order valence-electron chi connectivity index (χ2n) is 7.45. The van der Waals surface area contributed by atoms with Crippen LogP contribution in [0.25, 0.3) is 17.2 Å². The minimum Gasteiger partial charge on any atom is -0.481 e. The van der Waals surface area contributed by atoms with Crippen molar-refractivity contribution in [3.05, 3.63) is 70.3 Å². The molecule has 0 spiro atoms. The fourth-order valence-electron chi connectivity index (χ4n) is 3.84. The number of aryl methyl sites for hydroxylation is 1. The van der Waals surface area contributed by atoms with Crippen LogP contribution in [0.15, 0.2) is 52.9 Å². The van der Waals surface area contributed by atoms with Gasteiger partial charge in [-0.3, -0.25) is 9.00 Å². The second-order valence-corrected chi connectivity index (χ2v) is 9.81. The number of rotatable bonds is 6. The van der Waals surface area contributed by atoms with Gasteiger partial charge in [0.2, 0.25) is 0 Å². The zero-order chi connectivity index (χ0) is 21.3. The van der Waals surface area contributed by atoms with Crippen LogP contribution in [-0.2, 0) is 15.6 Å². The first-order chi connectivity index (χ1) is 13.7. The number of carboxylic acid groups (broad SMARTS) is 1. The molecule has 29 heavy (non-hydrogen) atoms. The van der Waals surface area contributed by atoms with Crippen molar-refractivity contribution in [1.29, 1.82) is 0 Å². The summed E-state index contributed by atoms with van der Waals surface area (Å²) in [7, 11) is -0.998. The Morgan fingerprint density at radius 2 is 1.76 bits per heavy atom. The Bertz CT molecular complexity index is 1030. The Hall–Kier alpha value is -2.11. The number of carbonyl (C=O) groups is 1. The lowest BCUT2D eigenvalue weighted by molar-refractivity contribution is -0.140. The number of hydrogen-bond donors (Lipinski definition) is 1. The van der Waals surface area contributed by atoms with Crippen molar-refractivity contribution < 1.29 is 14.1 Å². The van der Waals surface area contributed by atoms with Crippen LogP contribution in [0.1, 0.15) is 36.1 Å². The smallest absolute Gasteiger partial charge is 0.307 e. The lowest BCUT2D eigenvalue weighted by Gasteiger charge is -2.22. The van der Waals surface area contributed by atoms with Crippen molar-refractivity contribution in [3.63, 3.8) is 0 Å². The van der Waals surface area contributed by atoms with Crippen LogP contribution < -0.4 is 0 Å². The fraction of sp³-hybridized carbons (Fsp3) is 0.292. The highest BCUT2D eigenvalue weighted by atomic mass is 32.2. The van der Waals surface area contributed by atoms with Gasteiger partial charge >= 0.3 is 5.97 Å². The molecule has 0 fully saturated rings. The average Bonchev–Trinajstić information content (AvgIpc) is 2.94. The summed E-state index contributed by atoms with van der Waals surface area (Å²) in [6.07, 6.45) is 5.79. The Kier molecular flexibility index (Phi) is 6.49. The van der Waals surface area contributed by atoms with Gasteiger partial charge in [0.25, 0.3) is 0 Å². The normalized spacial score (nSPS) is 17.9. The Morgan fingerprint density at radius 3 is 2.31 bits per heavy atom. The molecule has 3 nitrogen and oxygen atoms in total. The van der Waals surface area contributed by atoms with Crippen LogP contribution in [-0.4, -0.2) is 33.0 Å². The van der Waals surface area contributed by atoms with Gasteiger partial charge in [-0.2, -0.15) is 11.8 Å². The summed E-state index contributed by atoms with van der Waals surface area (Å²) in [6.45, 7) is 5.93. The van der Waals surface area contributed by atoms with Crippen molar-refractivity contribution in [2.24, 2.45) is 5.92 Å². The van der Waals surface area contributed by atoms with Crippen molar-refractivity contribution in [1.82, 2.24) is 0 Å². The van der Waals surface area contributed by atoms with E-state index in [0.29, 0.717) is 0 Å². The number of aliphatic carboxylic acids is 1. The fourth-order valence-corrected chi connectivity index (χ4v) is 5.42. The molecule has 1 N–H and O–H groups in total. The molecule has 0 bridgehead atoms. The molecule has 0 amide bonds. The molecule has 0 heterocycles. The standard InChI is InChI=1S/C24H26O3S2/c1-14-6-11-19-20(13-17-7-9-18(10-8-17)29(5)27)15(2)22(21(19)12-14)23(28-4)16(3)24(25)26/h6-13,16,23H,1-5H3,(H,25,26)/b20-13-/t16-,23?,29?/m0/s1. The summed E-state index contributed by atoms with van der Waals surface area (Å²) in [5, 5.41) is 9.51. The largest absolute Gasteiger partial charge is 0.481 e. The third kappa shape index (κ3) is 4.26. The number of fused-ring (bicyclic) bond motifs is 1. The lowest BCUT2D eigenvalue weighted by atomic mass is 9.93. The molecule has 0 saturated carbocycles. The van der Waals surface area contributed by atoms with E-state index in [0.717, 1.165) is 43.9 Å². The first-order valence-electron chi connectivity index (χ1n) is 9.48. The monoisotopic (exact) mass is 426 g/mol. The van der Waals surface area contributed by atoms with Gasteiger partial charge < -0.3 is 5.11 Å². The summed E-state index contributed by atoms with van der Waals surface area (Å²) in [5.74, 6) is -1.26. The SMILES string of the molecule is CSC(C1=C(C)/C(=C/c2ccc(S(C)=O)cc2)c2ccc(C)cc21)[C@H](C)C(=O)O. The van der Waals surface area contributed by atoms with Gasteiger partial charge in [-0.25, -0.2) is 0 Å². The lowest BCUT2D eigenvalue weighted by Crippen LogP contribution is -2.24. The third-order valence-corrected chi connectivity index (χ3v) is 7.56. The van der Waals surface area contributed by atoms with E-state index in [1.807, 2.05) is 30.5 Å². The molecule has 2 aromatic carbocycles. The van der Waals surface area contributed by atoms with Crippen LogP contribution in [0.2, 0.25) is 0 Å². The molecule has 0 radical (unpaired) electrons. The Balaban J connectivity index is 2.16. The third-order valence-electron chi connectivity index (χ3n) is 5.47. The number of allylic oxidation sites excluding steroid dienone is 2. The summed E-state index contributed by atoms with van der Waals surface area (Å²) < 4.78 is 11.7. The maximum Gasteiger partial charge on any atom is 0.307 e. The molecule has 2 unspecified atom stereocenters. The van der Waals surface area contributed by atoms with E-state index >= 15 is 0 Å². The van der Waals surface area contributed by atoms with Crippen molar-refractivity contribution in [3.8, 4) is 0 Å². The maximum absolute atomic E-state index is 11.7. The molecule has 5 heteroatoms. The molecule has 2 aromatic rings. The van der Waals surface area contributed by atoms with E-state index in [9.17, 15) is 14.1 Å². The van der Waals surface area contributed by atoms with Gasteiger partial charge in [0.1, 0.15) is 0 Å². The summed E-state index contributed by atoms with van der Waals surface area (Å²) in [5.41, 5.74) is 7.83. The van der Waals surface area contributed by atoms with Gasteiger partial charge in [-0.05, 0) is 71.7 Å². The van der Waals surface area contributed by atoms with Crippen molar-refractivity contribution in [2.75, 3.05) is 12.5 Å².